The van der Waals surface area contributed by atoms with E-state index in [1.165, 1.54) is 10.5 Å². The predicted molar refractivity (Wildman–Crippen MR) is 86.9 cm³/mol. The maximum Gasteiger partial charge on any atom is 0.0573 e. The first kappa shape index (κ1) is 14.6. The maximum absolute atomic E-state index is 5.63. The third-order valence-corrected chi connectivity index (χ3v) is 5.83. The number of thioether (sulfide) groups is 1. The highest BCUT2D eigenvalue weighted by Crippen LogP contribution is 2.31. The lowest BCUT2D eigenvalue weighted by molar-refractivity contribution is 0.610. The van der Waals surface area contributed by atoms with Crippen LogP contribution in [0.4, 0.5) is 0 Å². The summed E-state index contributed by atoms with van der Waals surface area (Å²) >= 11 is 10.4. The Bertz CT molecular complexity index is 499. The molecule has 0 spiro atoms. The second kappa shape index (κ2) is 7.07. The van der Waals surface area contributed by atoms with Crippen LogP contribution in [0.5, 0.6) is 0 Å². The minimum Gasteiger partial charge on any atom is -0.271 e. The van der Waals surface area contributed by atoms with Gasteiger partial charge in [0.25, 0.3) is 0 Å². The fourth-order valence-corrected chi connectivity index (χ4v) is 4.33. The van der Waals surface area contributed by atoms with Crippen LogP contribution in [0.25, 0.3) is 0 Å². The predicted octanol–water partition coefficient (Wildman–Crippen LogP) is 4.57. The van der Waals surface area contributed by atoms with E-state index < -0.39 is 0 Å². The summed E-state index contributed by atoms with van der Waals surface area (Å²) in [7, 11) is 0. The zero-order valence-electron chi connectivity index (χ0n) is 9.40. The van der Waals surface area contributed by atoms with Gasteiger partial charge in [-0.2, -0.15) is 11.3 Å². The first-order valence-corrected chi connectivity index (χ1v) is 8.78. The van der Waals surface area contributed by atoms with Crippen LogP contribution >= 0.6 is 55.0 Å². The summed E-state index contributed by atoms with van der Waals surface area (Å²) in [6, 6.07) is 8.46. The van der Waals surface area contributed by atoms with Crippen molar-refractivity contribution in [3.63, 3.8) is 0 Å². The summed E-state index contributed by atoms with van der Waals surface area (Å²) in [5.41, 5.74) is 4.09. The Labute approximate surface area is 132 Å². The maximum atomic E-state index is 5.63. The van der Waals surface area contributed by atoms with Crippen molar-refractivity contribution in [2.45, 2.75) is 10.9 Å². The van der Waals surface area contributed by atoms with Crippen molar-refractivity contribution in [2.75, 3.05) is 5.75 Å². The van der Waals surface area contributed by atoms with Crippen LogP contribution in [0.2, 0.25) is 0 Å². The van der Waals surface area contributed by atoms with Crippen LogP contribution in [-0.4, -0.2) is 5.75 Å². The fourth-order valence-electron chi connectivity index (χ4n) is 1.48. The molecule has 0 saturated heterocycles. The molecule has 3 N–H and O–H groups in total. The second-order valence-corrected chi connectivity index (χ2v) is 7.27. The molecule has 1 aromatic heterocycles. The van der Waals surface area contributed by atoms with Crippen molar-refractivity contribution in [3.8, 4) is 0 Å². The Morgan fingerprint density at radius 3 is 2.50 bits per heavy atom. The van der Waals surface area contributed by atoms with Gasteiger partial charge in [0.2, 0.25) is 0 Å². The van der Waals surface area contributed by atoms with Crippen molar-refractivity contribution in [1.29, 1.82) is 0 Å². The molecule has 1 atom stereocenters. The normalized spacial score (nSPS) is 12.6. The molecule has 1 aromatic carbocycles. The van der Waals surface area contributed by atoms with Crippen molar-refractivity contribution in [1.82, 2.24) is 5.43 Å². The Morgan fingerprint density at radius 2 is 1.94 bits per heavy atom. The van der Waals surface area contributed by atoms with Crippen molar-refractivity contribution in [3.05, 3.63) is 49.5 Å². The summed E-state index contributed by atoms with van der Waals surface area (Å²) in [6.45, 7) is 0. The molecule has 0 radical (unpaired) electrons. The van der Waals surface area contributed by atoms with Crippen LogP contribution in [0.3, 0.4) is 0 Å². The summed E-state index contributed by atoms with van der Waals surface area (Å²) in [5, 5.41) is 4.20. The molecule has 6 heteroatoms. The highest BCUT2D eigenvalue weighted by atomic mass is 79.9. The lowest BCUT2D eigenvalue weighted by Gasteiger charge is -2.15. The van der Waals surface area contributed by atoms with E-state index in [2.05, 4.69) is 60.2 Å². The van der Waals surface area contributed by atoms with Crippen molar-refractivity contribution < 1.29 is 0 Å². The average Bonchev–Trinajstić information content (AvgIpc) is 2.79. The van der Waals surface area contributed by atoms with E-state index in [-0.39, 0.29) is 6.04 Å². The van der Waals surface area contributed by atoms with Gasteiger partial charge in [0, 0.05) is 25.0 Å². The van der Waals surface area contributed by atoms with Crippen LogP contribution in [0.15, 0.2) is 48.9 Å². The third-order valence-electron chi connectivity index (χ3n) is 2.45. The Morgan fingerprint density at radius 1 is 1.22 bits per heavy atom. The van der Waals surface area contributed by atoms with E-state index in [0.29, 0.717) is 0 Å². The quantitative estimate of drug-likeness (QED) is 0.433. The molecule has 1 unspecified atom stereocenters. The number of halogens is 2. The van der Waals surface area contributed by atoms with Gasteiger partial charge < -0.3 is 0 Å². The number of nitrogens with one attached hydrogen (secondary N) is 1. The first-order chi connectivity index (χ1) is 8.70. The van der Waals surface area contributed by atoms with Gasteiger partial charge in [-0.3, -0.25) is 11.3 Å². The van der Waals surface area contributed by atoms with E-state index in [1.807, 2.05) is 12.1 Å². The molecule has 2 nitrogen and oxygen atoms in total. The molecule has 1 heterocycles. The fraction of sp³-hybridized carbons (Fsp3) is 0.167. The Balaban J connectivity index is 2.00. The Hall–Kier alpha value is 0.150. The van der Waals surface area contributed by atoms with Crippen LogP contribution < -0.4 is 11.3 Å². The molecule has 0 saturated carbocycles. The van der Waals surface area contributed by atoms with Crippen LogP contribution in [0, 0.1) is 0 Å². The highest BCUT2D eigenvalue weighted by Gasteiger charge is 2.14. The first-order valence-electron chi connectivity index (χ1n) is 5.27. The lowest BCUT2D eigenvalue weighted by atomic mass is 10.2. The van der Waals surface area contributed by atoms with Gasteiger partial charge >= 0.3 is 0 Å². The van der Waals surface area contributed by atoms with E-state index in [1.54, 1.807) is 23.1 Å². The van der Waals surface area contributed by atoms with Crippen LogP contribution in [0.1, 0.15) is 11.6 Å². The van der Waals surface area contributed by atoms with Gasteiger partial charge in [-0.05, 0) is 51.1 Å². The number of hydrogen-bond donors (Lipinski definition) is 2. The van der Waals surface area contributed by atoms with Gasteiger partial charge in [-0.15, -0.1) is 11.8 Å². The average molecular weight is 408 g/mol. The number of hydrogen-bond acceptors (Lipinski definition) is 4. The molecule has 96 valence electrons. The zero-order valence-corrected chi connectivity index (χ0v) is 14.2. The molecule has 0 amide bonds. The molecule has 0 aliphatic heterocycles. The van der Waals surface area contributed by atoms with Gasteiger partial charge in [0.15, 0.2) is 0 Å². The summed E-state index contributed by atoms with van der Waals surface area (Å²) < 4.78 is 2.22. The SMILES string of the molecule is NNC(CSc1ccc(Br)cc1)c1cscc1Br. The van der Waals surface area contributed by atoms with E-state index in [9.17, 15) is 0 Å². The van der Waals surface area contributed by atoms with E-state index >= 15 is 0 Å². The zero-order chi connectivity index (χ0) is 13.0. The standard InChI is InChI=1S/C12H12Br2N2S2/c13-8-1-3-9(4-2-8)18-7-12(16-15)10-5-17-6-11(10)14/h1-6,12,16H,7,15H2. The monoisotopic (exact) mass is 406 g/mol. The van der Waals surface area contributed by atoms with E-state index in [4.69, 9.17) is 5.84 Å². The second-order valence-electron chi connectivity index (χ2n) is 3.66. The molecule has 2 rings (SSSR count). The molecule has 0 bridgehead atoms. The molecule has 0 aliphatic rings. The van der Waals surface area contributed by atoms with E-state index in [0.717, 1.165) is 14.7 Å². The smallest absolute Gasteiger partial charge is 0.0573 e. The van der Waals surface area contributed by atoms with Gasteiger partial charge in [0.05, 0.1) is 6.04 Å². The largest absolute Gasteiger partial charge is 0.271 e. The number of nitrogens with two attached hydrogens (primary N) is 1. The summed E-state index contributed by atoms with van der Waals surface area (Å²) in [5.74, 6) is 6.53. The molecule has 2 aromatic rings. The number of thiophene rings is 1. The molecular formula is C12H12Br2N2S2. The molecule has 0 aliphatic carbocycles. The topological polar surface area (TPSA) is 38.0 Å². The minimum atomic E-state index is 0.152. The van der Waals surface area contributed by atoms with Crippen molar-refractivity contribution >= 4 is 55.0 Å². The molecular weight excluding hydrogens is 396 g/mol. The van der Waals surface area contributed by atoms with Gasteiger partial charge in [0.1, 0.15) is 0 Å². The lowest BCUT2D eigenvalue weighted by Crippen LogP contribution is -2.29. The summed E-state index contributed by atoms with van der Waals surface area (Å²) in [4.78, 5) is 1.24. The molecule has 18 heavy (non-hydrogen) atoms. The highest BCUT2D eigenvalue weighted by molar-refractivity contribution is 9.10. The molecule has 0 fully saturated rings. The number of hydrazine groups is 1. The summed E-state index contributed by atoms with van der Waals surface area (Å²) in [6.07, 6.45) is 0. The number of rotatable bonds is 5. The van der Waals surface area contributed by atoms with Gasteiger partial charge in [-0.1, -0.05) is 15.9 Å². The Kier molecular flexibility index (Phi) is 5.72. The van der Waals surface area contributed by atoms with Crippen molar-refractivity contribution in [2.24, 2.45) is 5.84 Å². The number of benzene rings is 1. The minimum absolute atomic E-state index is 0.152. The van der Waals surface area contributed by atoms with Gasteiger partial charge in [-0.25, -0.2) is 0 Å². The van der Waals surface area contributed by atoms with Crippen LogP contribution in [-0.2, 0) is 0 Å². The third kappa shape index (κ3) is 3.82.